The molecule has 2 heterocycles. The molecule has 6 nitrogen and oxygen atoms in total. The van der Waals surface area contributed by atoms with Gasteiger partial charge in [0.25, 0.3) is 0 Å². The number of nitrogens with zero attached hydrogens (tertiary/aromatic N) is 3. The van der Waals surface area contributed by atoms with Gasteiger partial charge in [0.05, 0.1) is 28.1 Å². The molecule has 0 radical (unpaired) electrons. The molecule has 0 bridgehead atoms. The Hall–Kier alpha value is -4.52. The average Bonchev–Trinajstić information content (AvgIpc) is 3.20. The highest BCUT2D eigenvalue weighted by atomic mass is 32.2. The Labute approximate surface area is 314 Å². The summed E-state index contributed by atoms with van der Waals surface area (Å²) in [6.07, 6.45) is -4.44. The minimum absolute atomic E-state index is 0.0237. The number of pyridine rings is 1. The molecule has 1 fully saturated rings. The topological polar surface area (TPSA) is 54.8 Å². The van der Waals surface area contributed by atoms with E-state index in [1.165, 1.54) is 46.2 Å². The zero-order valence-electron chi connectivity index (χ0n) is 35.7. The predicted octanol–water partition coefficient (Wildman–Crippen LogP) is 8.40. The second-order valence-electron chi connectivity index (χ2n) is 12.0. The molecular formula is C40H38F5N3O3S. The molecule has 1 aromatic heterocycles. The van der Waals surface area contributed by atoms with Gasteiger partial charge in [-0.1, -0.05) is 60.7 Å². The Kier molecular flexibility index (Phi) is 8.86. The lowest BCUT2D eigenvalue weighted by Gasteiger charge is -2.39. The van der Waals surface area contributed by atoms with Crippen LogP contribution >= 0.6 is 11.8 Å². The van der Waals surface area contributed by atoms with E-state index < -0.39 is 76.6 Å². The predicted molar refractivity (Wildman–Crippen MR) is 193 cm³/mol. The van der Waals surface area contributed by atoms with Crippen molar-refractivity contribution in [1.29, 1.82) is 0 Å². The van der Waals surface area contributed by atoms with Crippen LogP contribution in [0.5, 0.6) is 0 Å². The van der Waals surface area contributed by atoms with E-state index in [0.717, 1.165) is 48.1 Å². The molecule has 0 unspecified atom stereocenters. The van der Waals surface area contributed by atoms with Gasteiger partial charge in [0.1, 0.15) is 6.50 Å². The van der Waals surface area contributed by atoms with Crippen molar-refractivity contribution in [3.63, 3.8) is 0 Å². The highest BCUT2D eigenvalue weighted by molar-refractivity contribution is 7.98. The molecule has 0 N–H and O–H groups in total. The third-order valence-electron chi connectivity index (χ3n) is 8.63. The second kappa shape index (κ2) is 16.4. The molecule has 272 valence electrons. The molecule has 1 saturated heterocycles. The number of para-hydroxylation sites is 1. The standard InChI is InChI=1S/C40H38F5N3O3S/c1-51-22-21-46-19-17-32(18-20-46)47(24-27-9-11-28(12-10-27)29-13-15-31(16-14-29)40(43,44)45)37(50)25-48-35-8-3-2-6-33(35)36(49)23-38(48)52-26-30-5-4-7-34(41)39(30)42/h2-16,23,32H,17-22,24-26H2,1H3/i21D2,22D2,25D2,26D2. The maximum atomic E-state index is 15.0. The molecule has 0 aliphatic carbocycles. The molecule has 1 aliphatic heterocycles. The molecule has 4 aromatic carbocycles. The van der Waals surface area contributed by atoms with Crippen molar-refractivity contribution in [1.82, 2.24) is 14.4 Å². The number of aromatic nitrogens is 1. The Morgan fingerprint density at radius 1 is 0.942 bits per heavy atom. The number of halogens is 5. The van der Waals surface area contributed by atoms with Gasteiger partial charge in [-0.15, -0.1) is 11.8 Å². The van der Waals surface area contributed by atoms with E-state index in [2.05, 4.69) is 0 Å². The van der Waals surface area contributed by atoms with Gasteiger partial charge in [-0.3, -0.25) is 9.59 Å². The van der Waals surface area contributed by atoms with Crippen molar-refractivity contribution in [2.75, 3.05) is 33.3 Å². The lowest BCUT2D eigenvalue weighted by molar-refractivity contribution is -0.137. The molecule has 1 aliphatic rings. The largest absolute Gasteiger partial charge is 0.416 e. The third-order valence-corrected chi connectivity index (χ3v) is 9.47. The van der Waals surface area contributed by atoms with Crippen LogP contribution in [0, 0.1) is 11.6 Å². The van der Waals surface area contributed by atoms with E-state index >= 15 is 0 Å². The maximum absolute atomic E-state index is 15.0. The van der Waals surface area contributed by atoms with Crippen molar-refractivity contribution in [3.8, 4) is 11.1 Å². The number of methoxy groups -OCH3 is 1. The van der Waals surface area contributed by atoms with Crippen LogP contribution in [0.4, 0.5) is 22.0 Å². The molecule has 52 heavy (non-hydrogen) atoms. The highest BCUT2D eigenvalue weighted by Gasteiger charge is 2.31. The van der Waals surface area contributed by atoms with Gasteiger partial charge in [-0.25, -0.2) is 8.78 Å². The molecule has 0 atom stereocenters. The fraction of sp³-hybridized carbons (Fsp3) is 0.300. The third kappa shape index (κ3) is 8.74. The lowest BCUT2D eigenvalue weighted by Crippen LogP contribution is -2.48. The van der Waals surface area contributed by atoms with E-state index in [9.17, 15) is 34.3 Å². The van der Waals surface area contributed by atoms with Crippen molar-refractivity contribution >= 4 is 28.6 Å². The van der Waals surface area contributed by atoms with E-state index in [1.54, 1.807) is 24.3 Å². The number of alkyl halides is 3. The number of likely N-dealkylation sites (tertiary alicyclic amines) is 1. The number of hydrogen-bond donors (Lipinski definition) is 0. The number of ether oxygens (including phenoxy) is 1. The fourth-order valence-corrected chi connectivity index (χ4v) is 6.68. The summed E-state index contributed by atoms with van der Waals surface area (Å²) in [7, 11) is 1.03. The summed E-state index contributed by atoms with van der Waals surface area (Å²) in [5.74, 6) is -3.98. The first-order chi connectivity index (χ1) is 28.0. The first-order valence-electron chi connectivity index (χ1n) is 20.2. The Morgan fingerprint density at radius 2 is 1.62 bits per heavy atom. The first kappa shape index (κ1) is 28.0. The number of rotatable bonds is 12. The summed E-state index contributed by atoms with van der Waals surface area (Å²) >= 11 is 0.203. The van der Waals surface area contributed by atoms with Crippen molar-refractivity contribution < 1.29 is 42.4 Å². The summed E-state index contributed by atoms with van der Waals surface area (Å²) in [4.78, 5) is 30.8. The van der Waals surface area contributed by atoms with Crippen LogP contribution in [0.15, 0.2) is 107 Å². The van der Waals surface area contributed by atoms with Crippen LogP contribution in [-0.2, 0) is 34.5 Å². The molecular weight excluding hydrogens is 698 g/mol. The number of carbonyl (C=O) groups is 1. The van der Waals surface area contributed by atoms with Gasteiger partial charge in [0.2, 0.25) is 5.91 Å². The van der Waals surface area contributed by atoms with E-state index in [1.807, 2.05) is 0 Å². The summed E-state index contributed by atoms with van der Waals surface area (Å²) in [5, 5.41) is -0.444. The first-order valence-corrected chi connectivity index (χ1v) is 17.0. The minimum Gasteiger partial charge on any atom is -0.383 e. The number of carbonyl (C=O) groups excluding carboxylic acids is 1. The number of thioether (sulfide) groups is 1. The van der Waals surface area contributed by atoms with Crippen LogP contribution in [0.25, 0.3) is 22.0 Å². The van der Waals surface area contributed by atoms with Crippen LogP contribution in [-0.4, -0.2) is 59.6 Å². The van der Waals surface area contributed by atoms with Gasteiger partial charge in [0.15, 0.2) is 17.1 Å². The summed E-state index contributed by atoms with van der Waals surface area (Å²) in [6.45, 7) is -8.81. The molecule has 12 heteroatoms. The monoisotopic (exact) mass is 743 g/mol. The van der Waals surface area contributed by atoms with E-state index in [4.69, 9.17) is 13.0 Å². The van der Waals surface area contributed by atoms with Crippen molar-refractivity contribution in [2.24, 2.45) is 0 Å². The molecule has 6 rings (SSSR count). The number of amides is 1. The quantitative estimate of drug-likeness (QED) is 0.0950. The number of hydrogen-bond acceptors (Lipinski definition) is 5. The number of fused-ring (bicyclic) bond motifs is 1. The van der Waals surface area contributed by atoms with Gasteiger partial charge in [0, 0.05) is 67.5 Å². The zero-order valence-corrected chi connectivity index (χ0v) is 28.5. The lowest BCUT2D eigenvalue weighted by atomic mass is 10.00. The average molecular weight is 744 g/mol. The molecule has 1 amide bonds. The van der Waals surface area contributed by atoms with Gasteiger partial charge in [-0.05, 0) is 59.9 Å². The highest BCUT2D eigenvalue weighted by Crippen LogP contribution is 2.32. The number of benzene rings is 4. The van der Waals surface area contributed by atoms with Crippen molar-refractivity contribution in [2.45, 2.75) is 48.8 Å². The van der Waals surface area contributed by atoms with Crippen LogP contribution in [0.1, 0.15) is 40.5 Å². The molecule has 0 saturated carbocycles. The summed E-state index contributed by atoms with van der Waals surface area (Å²) in [6, 6.07) is 19.8. The van der Waals surface area contributed by atoms with E-state index in [0.29, 0.717) is 16.7 Å². The SMILES string of the molecule is [2H]C([2H])(Sc1cc(=O)c2ccccc2n1C([2H])([2H])C(=O)N(Cc1ccc(-c2ccc(C(F)(F)F)cc2)cc1)C1CCN(C([2H])([2H])C([2H])([2H])OC)CC1)c1cccc(F)c1F. The van der Waals surface area contributed by atoms with Crippen LogP contribution < -0.4 is 5.43 Å². The maximum Gasteiger partial charge on any atom is 0.416 e. The molecule has 0 spiro atoms. The smallest absolute Gasteiger partial charge is 0.383 e. The van der Waals surface area contributed by atoms with Gasteiger partial charge in [-0.2, -0.15) is 13.2 Å². The molecule has 5 aromatic rings. The zero-order chi connectivity index (χ0) is 44.0. The van der Waals surface area contributed by atoms with E-state index in [-0.39, 0.29) is 55.1 Å². The van der Waals surface area contributed by atoms with Crippen molar-refractivity contribution in [3.05, 3.63) is 136 Å². The normalized spacial score (nSPS) is 17.6. The Morgan fingerprint density at radius 3 is 2.29 bits per heavy atom. The minimum atomic E-state index is -4.52. The van der Waals surface area contributed by atoms with Crippen LogP contribution in [0.3, 0.4) is 0 Å². The summed E-state index contributed by atoms with van der Waals surface area (Å²) in [5.41, 5.74) is -3.61. The van der Waals surface area contributed by atoms with Gasteiger partial charge < -0.3 is 19.1 Å². The fourth-order valence-electron chi connectivity index (χ4n) is 5.91. The summed E-state index contributed by atoms with van der Waals surface area (Å²) < 4.78 is 144. The van der Waals surface area contributed by atoms with Gasteiger partial charge >= 0.3 is 6.18 Å². The Balaban J connectivity index is 1.41. The number of piperidine rings is 1. The second-order valence-corrected chi connectivity index (χ2v) is 12.8. The Bertz CT molecular complexity index is 2430. The van der Waals surface area contributed by atoms with Crippen LogP contribution in [0.2, 0.25) is 0 Å².